The van der Waals surface area contributed by atoms with Gasteiger partial charge in [0.15, 0.2) is 0 Å². The third-order valence-electron chi connectivity index (χ3n) is 4.63. The molecule has 0 unspecified atom stereocenters. The molecule has 1 heterocycles. The molecule has 0 atom stereocenters. The number of hydrogen-bond acceptors (Lipinski definition) is 3. The smallest absolute Gasteiger partial charge is 0.204 e. The lowest BCUT2D eigenvalue weighted by molar-refractivity contribution is 0.613. The maximum atomic E-state index is 14.0. The fraction of sp³-hybridized carbons (Fsp3) is 0.278. The zero-order valence-electron chi connectivity index (χ0n) is 13.2. The summed E-state index contributed by atoms with van der Waals surface area (Å²) in [5.74, 6) is 0.520. The molecule has 0 saturated heterocycles. The van der Waals surface area contributed by atoms with Crippen molar-refractivity contribution in [2.75, 3.05) is 0 Å². The maximum absolute atomic E-state index is 14.0. The third kappa shape index (κ3) is 2.23. The van der Waals surface area contributed by atoms with E-state index in [9.17, 15) is 4.39 Å². The van der Waals surface area contributed by atoms with Crippen molar-refractivity contribution in [3.05, 3.63) is 52.3 Å². The van der Waals surface area contributed by atoms with Gasteiger partial charge in [-0.3, -0.25) is 0 Å². The van der Waals surface area contributed by atoms with Gasteiger partial charge in [-0.2, -0.15) is 5.21 Å². The van der Waals surface area contributed by atoms with Gasteiger partial charge >= 0.3 is 0 Å². The number of tetrazole rings is 1. The standard InChI is InChI=1S/C18H17FN4/c1-10-8-12(18-20-22-23-21-18)9-11(2)17(10)15-6-7-16(19)14-5-3-4-13(14)15/h6-9H,3-5H2,1-2H3,(H,20,21,22,23). The van der Waals surface area contributed by atoms with Gasteiger partial charge < -0.3 is 0 Å². The topological polar surface area (TPSA) is 54.5 Å². The highest BCUT2D eigenvalue weighted by molar-refractivity contribution is 5.78. The van der Waals surface area contributed by atoms with E-state index in [0.717, 1.165) is 47.1 Å². The van der Waals surface area contributed by atoms with Crippen LogP contribution in [-0.2, 0) is 12.8 Å². The number of aromatic nitrogens is 4. The van der Waals surface area contributed by atoms with Crippen molar-refractivity contribution in [2.45, 2.75) is 33.1 Å². The number of fused-ring (bicyclic) bond motifs is 1. The van der Waals surface area contributed by atoms with E-state index in [-0.39, 0.29) is 5.82 Å². The second-order valence-electron chi connectivity index (χ2n) is 6.13. The Morgan fingerprint density at radius 2 is 1.78 bits per heavy atom. The van der Waals surface area contributed by atoms with Crippen LogP contribution in [0.25, 0.3) is 22.5 Å². The van der Waals surface area contributed by atoms with Crippen LogP contribution in [0.5, 0.6) is 0 Å². The molecule has 0 aliphatic heterocycles. The SMILES string of the molecule is Cc1cc(-c2nn[nH]n2)cc(C)c1-c1ccc(F)c2c1CCC2. The summed E-state index contributed by atoms with van der Waals surface area (Å²) in [6.45, 7) is 4.16. The zero-order valence-corrected chi connectivity index (χ0v) is 13.2. The molecule has 2 aromatic carbocycles. The number of aryl methyl sites for hydroxylation is 2. The number of aromatic amines is 1. The van der Waals surface area contributed by atoms with Gasteiger partial charge in [0.05, 0.1) is 0 Å². The molecule has 4 rings (SSSR count). The summed E-state index contributed by atoms with van der Waals surface area (Å²) in [6.07, 6.45) is 2.82. The summed E-state index contributed by atoms with van der Waals surface area (Å²) in [5.41, 5.74) is 7.64. The molecule has 0 amide bonds. The predicted octanol–water partition coefficient (Wildman–Crippen LogP) is 3.78. The van der Waals surface area contributed by atoms with E-state index in [4.69, 9.17) is 0 Å². The summed E-state index contributed by atoms with van der Waals surface area (Å²) in [4.78, 5) is 0. The van der Waals surface area contributed by atoms with Crippen LogP contribution in [0.4, 0.5) is 4.39 Å². The van der Waals surface area contributed by atoms with E-state index < -0.39 is 0 Å². The number of nitrogens with one attached hydrogen (secondary N) is 1. The van der Waals surface area contributed by atoms with Crippen LogP contribution in [-0.4, -0.2) is 20.6 Å². The number of halogens is 1. The average molecular weight is 308 g/mol. The number of H-pyrrole nitrogens is 1. The fourth-order valence-corrected chi connectivity index (χ4v) is 3.70. The number of nitrogens with zero attached hydrogens (tertiary/aromatic N) is 3. The first kappa shape index (κ1) is 14.1. The summed E-state index contributed by atoms with van der Waals surface area (Å²) in [5, 5.41) is 14.2. The number of benzene rings is 2. The van der Waals surface area contributed by atoms with Gasteiger partial charge in [-0.25, -0.2) is 4.39 Å². The van der Waals surface area contributed by atoms with Crippen LogP contribution in [0.15, 0.2) is 24.3 Å². The first-order valence-electron chi connectivity index (χ1n) is 7.81. The van der Waals surface area contributed by atoms with E-state index in [1.54, 1.807) is 6.07 Å². The molecule has 5 heteroatoms. The molecule has 3 aromatic rings. The second kappa shape index (κ2) is 5.26. The van der Waals surface area contributed by atoms with Crippen molar-refractivity contribution < 1.29 is 4.39 Å². The first-order valence-corrected chi connectivity index (χ1v) is 7.81. The van der Waals surface area contributed by atoms with Gasteiger partial charge in [-0.15, -0.1) is 10.2 Å². The summed E-state index contributed by atoms with van der Waals surface area (Å²) in [7, 11) is 0. The zero-order chi connectivity index (χ0) is 16.0. The molecule has 1 aliphatic rings. The van der Waals surface area contributed by atoms with Gasteiger partial charge in [-0.05, 0) is 89.9 Å². The largest absolute Gasteiger partial charge is 0.207 e. The highest BCUT2D eigenvalue weighted by atomic mass is 19.1. The molecule has 0 spiro atoms. The highest BCUT2D eigenvalue weighted by Crippen LogP contribution is 2.38. The molecule has 0 fully saturated rings. The molecule has 4 nitrogen and oxygen atoms in total. The molecule has 116 valence electrons. The van der Waals surface area contributed by atoms with E-state index in [1.165, 1.54) is 11.1 Å². The number of rotatable bonds is 2. The van der Waals surface area contributed by atoms with E-state index >= 15 is 0 Å². The van der Waals surface area contributed by atoms with Crippen molar-refractivity contribution in [2.24, 2.45) is 0 Å². The monoisotopic (exact) mass is 308 g/mol. The Morgan fingerprint density at radius 3 is 2.48 bits per heavy atom. The van der Waals surface area contributed by atoms with E-state index in [1.807, 2.05) is 6.07 Å². The first-order chi connectivity index (χ1) is 11.1. The molecule has 0 saturated carbocycles. The van der Waals surface area contributed by atoms with Crippen LogP contribution in [0.1, 0.15) is 28.7 Å². The molecule has 0 bridgehead atoms. The normalized spacial score (nSPS) is 13.3. The van der Waals surface area contributed by atoms with Gasteiger partial charge in [0.25, 0.3) is 0 Å². The Labute approximate surface area is 133 Å². The van der Waals surface area contributed by atoms with Crippen LogP contribution < -0.4 is 0 Å². The van der Waals surface area contributed by atoms with E-state index in [0.29, 0.717) is 5.82 Å². The number of hydrogen-bond donors (Lipinski definition) is 1. The molecule has 1 aliphatic carbocycles. The maximum Gasteiger partial charge on any atom is 0.204 e. The van der Waals surface area contributed by atoms with Gasteiger partial charge in [0.2, 0.25) is 5.82 Å². The minimum absolute atomic E-state index is 0.0695. The molecule has 0 radical (unpaired) electrons. The van der Waals surface area contributed by atoms with Crippen LogP contribution in [0.3, 0.4) is 0 Å². The lowest BCUT2D eigenvalue weighted by Crippen LogP contribution is -1.97. The quantitative estimate of drug-likeness (QED) is 0.784. The molecular formula is C18H17FN4. The van der Waals surface area contributed by atoms with E-state index in [2.05, 4.69) is 46.6 Å². The lowest BCUT2D eigenvalue weighted by Gasteiger charge is -2.16. The Hall–Kier alpha value is -2.56. The molecule has 1 N–H and O–H groups in total. The van der Waals surface area contributed by atoms with Crippen LogP contribution in [0.2, 0.25) is 0 Å². The summed E-state index contributed by atoms with van der Waals surface area (Å²) in [6, 6.07) is 7.66. The van der Waals surface area contributed by atoms with Crippen molar-refractivity contribution in [1.82, 2.24) is 20.6 Å². The Morgan fingerprint density at radius 1 is 1.04 bits per heavy atom. The molecule has 1 aromatic heterocycles. The van der Waals surface area contributed by atoms with Crippen LogP contribution in [0, 0.1) is 19.7 Å². The Balaban J connectivity index is 1.90. The minimum atomic E-state index is -0.0695. The predicted molar refractivity (Wildman–Crippen MR) is 86.5 cm³/mol. The Kier molecular flexibility index (Phi) is 3.22. The second-order valence-corrected chi connectivity index (χ2v) is 6.13. The third-order valence-corrected chi connectivity index (χ3v) is 4.63. The van der Waals surface area contributed by atoms with Crippen molar-refractivity contribution in [1.29, 1.82) is 0 Å². The molecule has 23 heavy (non-hydrogen) atoms. The van der Waals surface area contributed by atoms with Crippen molar-refractivity contribution in [3.8, 4) is 22.5 Å². The van der Waals surface area contributed by atoms with Gasteiger partial charge in [0.1, 0.15) is 5.82 Å². The summed E-state index contributed by atoms with van der Waals surface area (Å²) >= 11 is 0. The average Bonchev–Trinajstić information content (AvgIpc) is 3.20. The van der Waals surface area contributed by atoms with Crippen molar-refractivity contribution >= 4 is 0 Å². The fourth-order valence-electron chi connectivity index (χ4n) is 3.70. The van der Waals surface area contributed by atoms with Crippen molar-refractivity contribution in [3.63, 3.8) is 0 Å². The Bertz CT molecular complexity index is 861. The van der Waals surface area contributed by atoms with Gasteiger partial charge in [-0.1, -0.05) is 6.07 Å². The van der Waals surface area contributed by atoms with Crippen LogP contribution >= 0.6 is 0 Å². The minimum Gasteiger partial charge on any atom is -0.207 e. The highest BCUT2D eigenvalue weighted by Gasteiger charge is 2.21. The summed E-state index contributed by atoms with van der Waals surface area (Å²) < 4.78 is 14.0. The molecular weight excluding hydrogens is 291 g/mol. The lowest BCUT2D eigenvalue weighted by atomic mass is 9.89. The van der Waals surface area contributed by atoms with Gasteiger partial charge in [0, 0.05) is 5.56 Å².